The number of hydrogen-bond acceptors (Lipinski definition) is 5. The van der Waals surface area contributed by atoms with Gasteiger partial charge in [0, 0.05) is 18.5 Å². The Bertz CT molecular complexity index is 782. The second kappa shape index (κ2) is 6.07. The van der Waals surface area contributed by atoms with E-state index in [9.17, 15) is 8.42 Å². The second-order valence-corrected chi connectivity index (χ2v) is 9.87. The zero-order valence-electron chi connectivity index (χ0n) is 12.4. The summed E-state index contributed by atoms with van der Waals surface area (Å²) in [6, 6.07) is 3.25. The molecule has 0 amide bonds. The van der Waals surface area contributed by atoms with Crippen molar-refractivity contribution in [1.29, 1.82) is 0 Å². The van der Waals surface area contributed by atoms with Gasteiger partial charge in [0.1, 0.15) is 9.97 Å². The van der Waals surface area contributed by atoms with Crippen LogP contribution in [0.15, 0.2) is 24.7 Å². The number of thiophene rings is 1. The molecule has 5 nitrogen and oxygen atoms in total. The molecule has 2 aromatic rings. The Labute approximate surface area is 142 Å². The van der Waals surface area contributed by atoms with Crippen LogP contribution in [0.4, 0.5) is 0 Å². The van der Waals surface area contributed by atoms with Crippen LogP contribution in [0, 0.1) is 6.92 Å². The van der Waals surface area contributed by atoms with Crippen molar-refractivity contribution in [2.24, 2.45) is 0 Å². The van der Waals surface area contributed by atoms with Crippen molar-refractivity contribution in [3.63, 3.8) is 0 Å². The highest BCUT2D eigenvalue weighted by atomic mass is 79.9. The predicted molar refractivity (Wildman–Crippen MR) is 88.5 cm³/mol. The molecule has 8 heteroatoms. The van der Waals surface area contributed by atoms with Gasteiger partial charge < -0.3 is 4.52 Å². The van der Waals surface area contributed by atoms with Gasteiger partial charge in [0.25, 0.3) is 10.0 Å². The third-order valence-corrected chi connectivity index (χ3v) is 7.95. The summed E-state index contributed by atoms with van der Waals surface area (Å²) in [5.74, 6) is 0.789. The minimum absolute atomic E-state index is 0.174. The number of aryl methyl sites for hydroxylation is 2. The third-order valence-electron chi connectivity index (χ3n) is 3.95. The van der Waals surface area contributed by atoms with Crippen molar-refractivity contribution in [3.8, 4) is 0 Å². The maximum Gasteiger partial charge on any atom is 0.253 e. The lowest BCUT2D eigenvalue weighted by Gasteiger charge is -2.23. The van der Waals surface area contributed by atoms with Crippen LogP contribution >= 0.6 is 27.3 Å². The summed E-state index contributed by atoms with van der Waals surface area (Å²) in [5.41, 5.74) is 1.73. The first kappa shape index (κ1) is 16.2. The molecule has 0 saturated carbocycles. The van der Waals surface area contributed by atoms with Crippen molar-refractivity contribution in [2.45, 2.75) is 43.4 Å². The Balaban J connectivity index is 2.02. The average molecular weight is 405 g/mol. The number of sulfonamides is 1. The second-order valence-electron chi connectivity index (χ2n) is 5.29. The van der Waals surface area contributed by atoms with E-state index in [-0.39, 0.29) is 6.04 Å². The van der Waals surface area contributed by atoms with Crippen LogP contribution in [0.5, 0.6) is 0 Å². The Morgan fingerprint density at radius 2 is 2.27 bits per heavy atom. The Hall–Kier alpha value is -0.700. The van der Waals surface area contributed by atoms with Gasteiger partial charge in [0.15, 0.2) is 0 Å². The van der Waals surface area contributed by atoms with E-state index in [2.05, 4.69) is 21.1 Å². The first-order valence-electron chi connectivity index (χ1n) is 7.17. The minimum atomic E-state index is -3.48. The fourth-order valence-electron chi connectivity index (χ4n) is 2.97. The molecule has 1 aliphatic rings. The predicted octanol–water partition coefficient (Wildman–Crippen LogP) is 3.90. The SMILES string of the molecule is CCc1onc(C)c1[C@@H]1CCCN1S(=O)(=O)c1ccc(Br)s1. The molecule has 0 radical (unpaired) electrons. The summed E-state index contributed by atoms with van der Waals surface area (Å²) < 4.78 is 34.0. The fourth-order valence-corrected chi connectivity index (χ4v) is 6.78. The summed E-state index contributed by atoms with van der Waals surface area (Å²) in [6.45, 7) is 4.41. The van der Waals surface area contributed by atoms with Gasteiger partial charge in [-0.05, 0) is 47.8 Å². The van der Waals surface area contributed by atoms with Crippen molar-refractivity contribution < 1.29 is 12.9 Å². The maximum atomic E-state index is 12.9. The topological polar surface area (TPSA) is 63.4 Å². The smallest absolute Gasteiger partial charge is 0.253 e. The number of hydrogen-bond donors (Lipinski definition) is 0. The van der Waals surface area contributed by atoms with Gasteiger partial charge in [0.2, 0.25) is 0 Å². The monoisotopic (exact) mass is 404 g/mol. The van der Waals surface area contributed by atoms with Gasteiger partial charge >= 0.3 is 0 Å². The van der Waals surface area contributed by atoms with Crippen LogP contribution < -0.4 is 0 Å². The summed E-state index contributed by atoms with van der Waals surface area (Å²) in [4.78, 5) is 0. The van der Waals surface area contributed by atoms with Crippen LogP contribution in [-0.2, 0) is 16.4 Å². The van der Waals surface area contributed by atoms with E-state index < -0.39 is 10.0 Å². The molecule has 0 bridgehead atoms. The molecular formula is C14H17BrN2O3S2. The molecule has 0 aliphatic carbocycles. The zero-order chi connectivity index (χ0) is 15.9. The van der Waals surface area contributed by atoms with Crippen molar-refractivity contribution >= 4 is 37.3 Å². The summed E-state index contributed by atoms with van der Waals surface area (Å²) in [5, 5.41) is 4.02. The molecule has 0 aromatic carbocycles. The molecule has 0 spiro atoms. The molecule has 120 valence electrons. The van der Waals surface area contributed by atoms with Crippen molar-refractivity contribution in [1.82, 2.24) is 9.46 Å². The molecule has 22 heavy (non-hydrogen) atoms. The molecule has 2 aromatic heterocycles. The highest BCUT2D eigenvalue weighted by Gasteiger charge is 2.39. The lowest BCUT2D eigenvalue weighted by Crippen LogP contribution is -2.30. The van der Waals surface area contributed by atoms with E-state index in [4.69, 9.17) is 4.52 Å². The molecule has 1 aliphatic heterocycles. The number of nitrogens with zero attached hydrogens (tertiary/aromatic N) is 2. The fraction of sp³-hybridized carbons (Fsp3) is 0.500. The van der Waals surface area contributed by atoms with E-state index in [1.54, 1.807) is 16.4 Å². The molecule has 1 fully saturated rings. The summed E-state index contributed by atoms with van der Waals surface area (Å²) in [6.07, 6.45) is 2.37. The largest absolute Gasteiger partial charge is 0.361 e. The molecule has 1 atom stereocenters. The number of aromatic nitrogens is 1. The lowest BCUT2D eigenvalue weighted by molar-refractivity contribution is 0.368. The highest BCUT2D eigenvalue weighted by Crippen LogP contribution is 2.41. The third kappa shape index (κ3) is 2.66. The van der Waals surface area contributed by atoms with E-state index in [0.717, 1.165) is 33.6 Å². The van der Waals surface area contributed by atoms with Gasteiger partial charge in [-0.3, -0.25) is 0 Å². The Morgan fingerprint density at radius 3 is 2.91 bits per heavy atom. The quantitative estimate of drug-likeness (QED) is 0.774. The molecule has 0 N–H and O–H groups in total. The lowest BCUT2D eigenvalue weighted by atomic mass is 10.0. The first-order valence-corrected chi connectivity index (χ1v) is 10.2. The average Bonchev–Trinajstić information content (AvgIpc) is 3.17. The van der Waals surface area contributed by atoms with Gasteiger partial charge in [-0.2, -0.15) is 4.31 Å². The Morgan fingerprint density at radius 1 is 1.50 bits per heavy atom. The standard InChI is InChI=1S/C14H17BrN2O3S2/c1-3-11-14(9(2)16-20-11)10-5-4-8-17(10)22(18,19)13-7-6-12(15)21-13/h6-7,10H,3-5,8H2,1-2H3/t10-/m0/s1. The van der Waals surface area contributed by atoms with Crippen molar-refractivity contribution in [2.75, 3.05) is 6.54 Å². The van der Waals surface area contributed by atoms with E-state index in [1.807, 2.05) is 13.8 Å². The van der Waals surface area contributed by atoms with Gasteiger partial charge in [-0.15, -0.1) is 11.3 Å². The molecule has 3 heterocycles. The number of halogens is 1. The molecule has 0 unspecified atom stereocenters. The van der Waals surface area contributed by atoms with Crippen LogP contribution in [0.3, 0.4) is 0 Å². The van der Waals surface area contributed by atoms with Crippen LogP contribution in [0.1, 0.15) is 42.8 Å². The summed E-state index contributed by atoms with van der Waals surface area (Å²) in [7, 11) is -3.48. The highest BCUT2D eigenvalue weighted by molar-refractivity contribution is 9.11. The van der Waals surface area contributed by atoms with Crippen LogP contribution in [0.25, 0.3) is 0 Å². The first-order chi connectivity index (χ1) is 10.4. The number of rotatable bonds is 4. The zero-order valence-corrected chi connectivity index (χ0v) is 15.6. The molecular weight excluding hydrogens is 388 g/mol. The Kier molecular flexibility index (Phi) is 4.46. The van der Waals surface area contributed by atoms with Crippen molar-refractivity contribution in [3.05, 3.63) is 32.9 Å². The maximum absolute atomic E-state index is 12.9. The van der Waals surface area contributed by atoms with Gasteiger partial charge in [-0.1, -0.05) is 12.1 Å². The molecule has 3 rings (SSSR count). The molecule has 1 saturated heterocycles. The van der Waals surface area contributed by atoms with Crippen LogP contribution in [0.2, 0.25) is 0 Å². The van der Waals surface area contributed by atoms with Gasteiger partial charge in [-0.25, -0.2) is 8.42 Å². The van der Waals surface area contributed by atoms with Gasteiger partial charge in [0.05, 0.1) is 15.5 Å². The minimum Gasteiger partial charge on any atom is -0.361 e. The van der Waals surface area contributed by atoms with E-state index in [1.165, 1.54) is 11.3 Å². The van der Waals surface area contributed by atoms with Crippen LogP contribution in [-0.4, -0.2) is 24.4 Å². The summed E-state index contributed by atoms with van der Waals surface area (Å²) >= 11 is 4.57. The van der Waals surface area contributed by atoms with E-state index >= 15 is 0 Å². The van der Waals surface area contributed by atoms with E-state index in [0.29, 0.717) is 17.2 Å². The normalized spacial score (nSPS) is 19.9.